The summed E-state index contributed by atoms with van der Waals surface area (Å²) < 4.78 is 18.3. The van der Waals surface area contributed by atoms with E-state index in [2.05, 4.69) is 18.2 Å². The second-order valence-corrected chi connectivity index (χ2v) is 8.41. The predicted octanol–water partition coefficient (Wildman–Crippen LogP) is 4.54. The van der Waals surface area contributed by atoms with Crippen LogP contribution in [-0.4, -0.2) is 31.2 Å². The van der Waals surface area contributed by atoms with E-state index < -0.39 is 0 Å². The first-order valence-corrected chi connectivity index (χ1v) is 10.4. The van der Waals surface area contributed by atoms with Crippen molar-refractivity contribution in [2.75, 3.05) is 19.8 Å². The molecule has 1 aromatic rings. The second kappa shape index (κ2) is 7.87. The monoisotopic (exact) mass is 360 g/mol. The van der Waals surface area contributed by atoms with Gasteiger partial charge in [-0.15, -0.1) is 0 Å². The molecule has 2 bridgehead atoms. The molecule has 4 nitrogen and oxygen atoms in total. The highest BCUT2D eigenvalue weighted by molar-refractivity contribution is 5.34. The lowest BCUT2D eigenvalue weighted by molar-refractivity contribution is -0.192. The molecule has 3 saturated heterocycles. The molecule has 1 N–H and O–H groups in total. The normalized spacial score (nSPS) is 34.0. The van der Waals surface area contributed by atoms with Gasteiger partial charge in [-0.25, -0.2) is 0 Å². The molecule has 0 amide bonds. The lowest BCUT2D eigenvalue weighted by Crippen LogP contribution is -2.49. The van der Waals surface area contributed by atoms with Gasteiger partial charge in [0.25, 0.3) is 0 Å². The number of aliphatic hydroxyl groups excluding tert-OH is 1. The van der Waals surface area contributed by atoms with Gasteiger partial charge in [0.2, 0.25) is 0 Å². The Bertz CT molecular complexity index is 569. The van der Waals surface area contributed by atoms with Gasteiger partial charge in [-0.3, -0.25) is 0 Å². The summed E-state index contributed by atoms with van der Waals surface area (Å²) in [5, 5.41) is 9.04. The van der Waals surface area contributed by atoms with E-state index in [1.165, 1.54) is 31.2 Å². The summed E-state index contributed by atoms with van der Waals surface area (Å²) in [7, 11) is 0. The summed E-state index contributed by atoms with van der Waals surface area (Å²) in [4.78, 5) is 0. The van der Waals surface area contributed by atoms with Crippen LogP contribution in [0.2, 0.25) is 0 Å². The molecule has 1 aliphatic carbocycles. The first kappa shape index (κ1) is 18.3. The van der Waals surface area contributed by atoms with Crippen molar-refractivity contribution in [2.45, 2.75) is 76.1 Å². The van der Waals surface area contributed by atoms with Crippen molar-refractivity contribution >= 4 is 0 Å². The van der Waals surface area contributed by atoms with Crippen LogP contribution in [0.3, 0.4) is 0 Å². The summed E-state index contributed by atoms with van der Waals surface area (Å²) in [5.74, 6) is 0.901. The molecule has 4 heteroatoms. The number of ether oxygens (including phenoxy) is 3. The Morgan fingerprint density at radius 2 is 2.00 bits per heavy atom. The van der Waals surface area contributed by atoms with Gasteiger partial charge in [-0.1, -0.05) is 18.6 Å². The van der Waals surface area contributed by atoms with Crippen molar-refractivity contribution in [3.8, 4) is 5.75 Å². The Morgan fingerprint density at radius 1 is 1.12 bits per heavy atom. The molecular weight excluding hydrogens is 328 g/mol. The molecule has 1 saturated carbocycles. The van der Waals surface area contributed by atoms with Crippen LogP contribution in [-0.2, 0) is 15.1 Å². The van der Waals surface area contributed by atoms with Gasteiger partial charge in [-0.2, -0.15) is 0 Å². The molecular formula is C22H32O4. The largest absolute Gasteiger partial charge is 0.465 e. The van der Waals surface area contributed by atoms with Gasteiger partial charge >= 0.3 is 0 Å². The van der Waals surface area contributed by atoms with E-state index in [0.717, 1.165) is 57.5 Å². The van der Waals surface area contributed by atoms with Crippen molar-refractivity contribution in [3.05, 3.63) is 29.8 Å². The molecule has 5 rings (SSSR count). The molecule has 3 heterocycles. The van der Waals surface area contributed by atoms with Crippen LogP contribution in [0.15, 0.2) is 24.3 Å². The van der Waals surface area contributed by atoms with Crippen LogP contribution in [0.25, 0.3) is 0 Å². The van der Waals surface area contributed by atoms with Crippen LogP contribution in [0.1, 0.15) is 69.8 Å². The molecule has 0 spiro atoms. The summed E-state index contributed by atoms with van der Waals surface area (Å²) in [6.45, 7) is 1.96. The summed E-state index contributed by atoms with van der Waals surface area (Å²) in [5.41, 5.74) is 1.47. The van der Waals surface area contributed by atoms with E-state index in [-0.39, 0.29) is 11.9 Å². The fourth-order valence-corrected chi connectivity index (χ4v) is 4.88. The van der Waals surface area contributed by atoms with Crippen LogP contribution in [0.5, 0.6) is 5.75 Å². The maximum absolute atomic E-state index is 9.04. The second-order valence-electron chi connectivity index (χ2n) is 8.41. The first-order valence-electron chi connectivity index (χ1n) is 10.4. The van der Waals surface area contributed by atoms with E-state index in [1.54, 1.807) is 0 Å². The van der Waals surface area contributed by atoms with Crippen LogP contribution < -0.4 is 4.74 Å². The van der Waals surface area contributed by atoms with E-state index >= 15 is 0 Å². The number of hydrogen-bond donors (Lipinski definition) is 1. The van der Waals surface area contributed by atoms with Gasteiger partial charge in [-0.05, 0) is 74.5 Å². The van der Waals surface area contributed by atoms with Gasteiger partial charge in [0, 0.05) is 13.0 Å². The molecule has 0 aromatic heterocycles. The highest BCUT2D eigenvalue weighted by atomic mass is 16.7. The fraction of sp³-hybridized carbons (Fsp3) is 0.727. The highest BCUT2D eigenvalue weighted by Gasteiger charge is 2.50. The summed E-state index contributed by atoms with van der Waals surface area (Å²) >= 11 is 0. The zero-order valence-electron chi connectivity index (χ0n) is 15.8. The third kappa shape index (κ3) is 3.78. The Hall–Kier alpha value is -1.10. The lowest BCUT2D eigenvalue weighted by atomic mass is 9.62. The van der Waals surface area contributed by atoms with Crippen molar-refractivity contribution in [3.63, 3.8) is 0 Å². The van der Waals surface area contributed by atoms with E-state index in [9.17, 15) is 0 Å². The van der Waals surface area contributed by atoms with Gasteiger partial charge in [0.1, 0.15) is 5.75 Å². The number of aliphatic hydroxyl groups is 1. The van der Waals surface area contributed by atoms with E-state index in [1.807, 2.05) is 6.07 Å². The summed E-state index contributed by atoms with van der Waals surface area (Å²) in [6.07, 6.45) is 11.0. The minimum absolute atomic E-state index is 0.102. The topological polar surface area (TPSA) is 47.9 Å². The molecule has 144 valence electrons. The number of rotatable bonds is 7. The summed E-state index contributed by atoms with van der Waals surface area (Å²) in [6, 6.07) is 8.48. The molecule has 4 aliphatic rings. The Kier molecular flexibility index (Phi) is 5.53. The Balaban J connectivity index is 1.41. The third-order valence-corrected chi connectivity index (χ3v) is 6.65. The average Bonchev–Trinajstić information content (AvgIpc) is 2.71. The Morgan fingerprint density at radius 3 is 2.69 bits per heavy atom. The molecule has 1 unspecified atom stereocenters. The highest BCUT2D eigenvalue weighted by Crippen LogP contribution is 2.55. The van der Waals surface area contributed by atoms with Crippen molar-refractivity contribution in [2.24, 2.45) is 5.41 Å². The standard InChI is InChI=1S/C22H32O4/c23-14-3-2-9-21-10-12-22(13-11-21,25-17-21)18-6-5-7-19(16-18)26-20-8-1-4-15-24-20/h5-7,16,20,23H,1-4,8-15,17H2. The van der Waals surface area contributed by atoms with Crippen molar-refractivity contribution in [1.29, 1.82) is 0 Å². The number of fused-ring (bicyclic) bond motifs is 3. The molecule has 0 radical (unpaired) electrons. The van der Waals surface area contributed by atoms with Crippen LogP contribution in [0.4, 0.5) is 0 Å². The minimum Gasteiger partial charge on any atom is -0.465 e. The SMILES string of the molecule is OCCCCC12CCC(c3cccc(OC4CCCCO4)c3)(CC1)OC2. The van der Waals surface area contributed by atoms with Gasteiger partial charge in [0.15, 0.2) is 6.29 Å². The number of unbranched alkanes of at least 4 members (excludes halogenated alkanes) is 1. The van der Waals surface area contributed by atoms with Gasteiger partial charge < -0.3 is 19.3 Å². The van der Waals surface area contributed by atoms with Crippen LogP contribution in [0, 0.1) is 5.41 Å². The zero-order valence-corrected chi connectivity index (χ0v) is 15.8. The van der Waals surface area contributed by atoms with Crippen molar-refractivity contribution in [1.82, 2.24) is 0 Å². The van der Waals surface area contributed by atoms with E-state index in [4.69, 9.17) is 19.3 Å². The quantitative estimate of drug-likeness (QED) is 0.725. The van der Waals surface area contributed by atoms with E-state index in [0.29, 0.717) is 12.0 Å². The third-order valence-electron chi connectivity index (χ3n) is 6.65. The maximum atomic E-state index is 9.04. The van der Waals surface area contributed by atoms with Gasteiger partial charge in [0.05, 0.1) is 18.8 Å². The first-order chi connectivity index (χ1) is 12.7. The predicted molar refractivity (Wildman–Crippen MR) is 100 cm³/mol. The molecule has 1 atom stereocenters. The van der Waals surface area contributed by atoms with Crippen LogP contribution >= 0.6 is 0 Å². The Labute approximate surface area is 156 Å². The zero-order chi connectivity index (χ0) is 17.9. The smallest absolute Gasteiger partial charge is 0.199 e. The minimum atomic E-state index is -0.133. The molecule has 26 heavy (non-hydrogen) atoms. The number of benzene rings is 1. The molecule has 4 fully saturated rings. The average molecular weight is 360 g/mol. The maximum Gasteiger partial charge on any atom is 0.199 e. The molecule has 3 aliphatic heterocycles. The number of hydrogen-bond acceptors (Lipinski definition) is 4. The molecule has 1 aromatic carbocycles. The fourth-order valence-electron chi connectivity index (χ4n) is 4.88. The van der Waals surface area contributed by atoms with Crippen molar-refractivity contribution < 1.29 is 19.3 Å². The lowest BCUT2D eigenvalue weighted by Gasteiger charge is -2.53.